The minimum atomic E-state index is -0.247. The van der Waals surface area contributed by atoms with Crippen molar-refractivity contribution in [1.82, 2.24) is 9.88 Å². The summed E-state index contributed by atoms with van der Waals surface area (Å²) in [6, 6.07) is 21.7. The predicted molar refractivity (Wildman–Crippen MR) is 135 cm³/mol. The van der Waals surface area contributed by atoms with Crippen molar-refractivity contribution in [3.8, 4) is 11.5 Å². The normalized spacial score (nSPS) is 15.1. The average molecular weight is 456 g/mol. The highest BCUT2D eigenvalue weighted by atomic mass is 16.5. The van der Waals surface area contributed by atoms with E-state index in [1.807, 2.05) is 53.4 Å². The fourth-order valence-electron chi connectivity index (χ4n) is 4.77. The third kappa shape index (κ3) is 3.96. The fraction of sp³-hybridized carbons (Fsp3) is 0.250. The third-order valence-electron chi connectivity index (χ3n) is 6.64. The summed E-state index contributed by atoms with van der Waals surface area (Å²) in [4.78, 5) is 19.0. The van der Waals surface area contributed by atoms with E-state index >= 15 is 0 Å². The van der Waals surface area contributed by atoms with Gasteiger partial charge in [-0.25, -0.2) is 4.79 Å². The van der Waals surface area contributed by atoms with E-state index in [1.54, 1.807) is 14.2 Å². The second-order valence-electron chi connectivity index (χ2n) is 8.53. The molecule has 0 fully saturated rings. The molecule has 0 bridgehead atoms. The maximum atomic E-state index is 13.5. The summed E-state index contributed by atoms with van der Waals surface area (Å²) < 4.78 is 10.8. The molecule has 0 aliphatic carbocycles. The van der Waals surface area contributed by atoms with E-state index < -0.39 is 0 Å². The third-order valence-corrected chi connectivity index (χ3v) is 6.64. The monoisotopic (exact) mass is 455 g/mol. The van der Waals surface area contributed by atoms with Crippen molar-refractivity contribution in [3.63, 3.8) is 0 Å². The molecule has 2 heterocycles. The summed E-state index contributed by atoms with van der Waals surface area (Å²) in [7, 11) is 3.34. The molecule has 0 saturated heterocycles. The summed E-state index contributed by atoms with van der Waals surface area (Å²) >= 11 is 0. The summed E-state index contributed by atoms with van der Waals surface area (Å²) in [6.07, 6.45) is 1.73. The number of benzene rings is 3. The number of aryl methyl sites for hydroxylation is 1. The number of amides is 2. The lowest BCUT2D eigenvalue weighted by atomic mass is 9.92. The number of urea groups is 1. The zero-order valence-electron chi connectivity index (χ0n) is 19.7. The van der Waals surface area contributed by atoms with Crippen LogP contribution in [-0.2, 0) is 12.8 Å². The maximum absolute atomic E-state index is 13.5. The van der Waals surface area contributed by atoms with Crippen LogP contribution in [0.25, 0.3) is 10.9 Å². The number of hydrogen-bond donors (Lipinski definition) is 2. The predicted octanol–water partition coefficient (Wildman–Crippen LogP) is 5.93. The second-order valence-corrected chi connectivity index (χ2v) is 8.53. The van der Waals surface area contributed by atoms with Crippen LogP contribution in [0.1, 0.15) is 35.3 Å². The van der Waals surface area contributed by atoms with Crippen molar-refractivity contribution in [1.29, 1.82) is 0 Å². The molecule has 3 aromatic carbocycles. The van der Waals surface area contributed by atoms with Gasteiger partial charge in [0.25, 0.3) is 0 Å². The molecular weight excluding hydrogens is 426 g/mol. The first-order valence-corrected chi connectivity index (χ1v) is 11.6. The Balaban J connectivity index is 1.55. The first-order valence-electron chi connectivity index (χ1n) is 11.6. The number of aromatic nitrogens is 1. The number of aromatic amines is 1. The van der Waals surface area contributed by atoms with Crippen LogP contribution in [0.2, 0.25) is 0 Å². The fourth-order valence-corrected chi connectivity index (χ4v) is 4.77. The average Bonchev–Trinajstić information content (AvgIpc) is 3.26. The number of nitrogens with one attached hydrogen (secondary N) is 2. The molecule has 1 aromatic heterocycles. The van der Waals surface area contributed by atoms with Gasteiger partial charge < -0.3 is 24.7 Å². The van der Waals surface area contributed by atoms with E-state index in [2.05, 4.69) is 35.4 Å². The number of H-pyrrole nitrogens is 1. The molecule has 0 saturated carbocycles. The molecule has 5 rings (SSSR count). The van der Waals surface area contributed by atoms with Crippen LogP contribution in [0.15, 0.2) is 66.7 Å². The van der Waals surface area contributed by atoms with E-state index in [-0.39, 0.29) is 12.1 Å². The quantitative estimate of drug-likeness (QED) is 0.392. The van der Waals surface area contributed by atoms with E-state index in [0.717, 1.165) is 52.2 Å². The largest absolute Gasteiger partial charge is 0.497 e. The lowest BCUT2D eigenvalue weighted by Crippen LogP contribution is -2.43. The van der Waals surface area contributed by atoms with Gasteiger partial charge in [-0.2, -0.15) is 0 Å². The molecule has 34 heavy (non-hydrogen) atoms. The topological polar surface area (TPSA) is 66.6 Å². The highest BCUT2D eigenvalue weighted by Gasteiger charge is 2.34. The molecule has 4 aromatic rings. The van der Waals surface area contributed by atoms with Crippen LogP contribution in [0.5, 0.6) is 11.5 Å². The lowest BCUT2D eigenvalue weighted by Gasteiger charge is -2.36. The van der Waals surface area contributed by atoms with Crippen LogP contribution in [0.4, 0.5) is 10.5 Å². The molecule has 174 valence electrons. The smallest absolute Gasteiger partial charge is 0.322 e. The highest BCUT2D eigenvalue weighted by Crippen LogP contribution is 2.40. The van der Waals surface area contributed by atoms with Gasteiger partial charge in [0.2, 0.25) is 0 Å². The van der Waals surface area contributed by atoms with Crippen molar-refractivity contribution in [2.75, 3.05) is 26.1 Å². The van der Waals surface area contributed by atoms with Crippen LogP contribution < -0.4 is 14.8 Å². The summed E-state index contributed by atoms with van der Waals surface area (Å²) in [5.41, 5.74) is 6.37. The first-order chi connectivity index (χ1) is 16.6. The zero-order valence-corrected chi connectivity index (χ0v) is 19.7. The molecule has 1 atom stereocenters. The molecule has 1 aliphatic rings. The Hall–Kier alpha value is -3.93. The van der Waals surface area contributed by atoms with Crippen molar-refractivity contribution < 1.29 is 14.3 Å². The van der Waals surface area contributed by atoms with Crippen molar-refractivity contribution >= 4 is 22.6 Å². The zero-order chi connectivity index (χ0) is 23.7. The van der Waals surface area contributed by atoms with Crippen LogP contribution in [0.3, 0.4) is 0 Å². The minimum absolute atomic E-state index is 0.119. The molecule has 6 heteroatoms. The Labute approximate surface area is 199 Å². The molecule has 0 radical (unpaired) electrons. The van der Waals surface area contributed by atoms with Crippen molar-refractivity contribution in [3.05, 3.63) is 89.1 Å². The number of anilines is 1. The molecule has 2 N–H and O–H groups in total. The van der Waals surface area contributed by atoms with Gasteiger partial charge in [0.05, 0.1) is 20.3 Å². The number of methoxy groups -OCH3 is 2. The van der Waals surface area contributed by atoms with Crippen LogP contribution in [-0.4, -0.2) is 36.7 Å². The van der Waals surface area contributed by atoms with Gasteiger partial charge in [0.15, 0.2) is 0 Å². The highest BCUT2D eigenvalue weighted by molar-refractivity contribution is 5.92. The van der Waals surface area contributed by atoms with Gasteiger partial charge in [-0.3, -0.25) is 0 Å². The van der Waals surface area contributed by atoms with Gasteiger partial charge in [0, 0.05) is 28.8 Å². The molecule has 6 nitrogen and oxygen atoms in total. The van der Waals surface area contributed by atoms with E-state index in [4.69, 9.17) is 9.47 Å². The Morgan fingerprint density at radius 1 is 1.00 bits per heavy atom. The van der Waals surface area contributed by atoms with Gasteiger partial charge >= 0.3 is 6.03 Å². The standard InChI is InChI=1S/C28H29N3O3/c1-4-18-5-9-20(10-6-18)29-28(32)31-16-15-23-24-17-22(34-3)13-14-25(24)30-26(23)27(31)19-7-11-21(33-2)12-8-19/h5-14,17,27,30H,4,15-16H2,1-3H3,(H,29,32)/t27-/m1/s1. The van der Waals surface area contributed by atoms with Crippen LogP contribution >= 0.6 is 0 Å². The second kappa shape index (κ2) is 9.14. The number of ether oxygens (including phenoxy) is 2. The van der Waals surface area contributed by atoms with Crippen molar-refractivity contribution in [2.45, 2.75) is 25.8 Å². The lowest BCUT2D eigenvalue weighted by molar-refractivity contribution is 0.193. The van der Waals surface area contributed by atoms with Gasteiger partial charge in [-0.1, -0.05) is 31.2 Å². The van der Waals surface area contributed by atoms with E-state index in [1.165, 1.54) is 11.1 Å². The van der Waals surface area contributed by atoms with Crippen molar-refractivity contribution in [2.24, 2.45) is 0 Å². The number of nitrogens with zero attached hydrogens (tertiary/aromatic N) is 1. The first kappa shape index (κ1) is 21.9. The Morgan fingerprint density at radius 2 is 1.71 bits per heavy atom. The van der Waals surface area contributed by atoms with Gasteiger partial charge in [-0.05, 0) is 72.0 Å². The van der Waals surface area contributed by atoms with Gasteiger partial charge in [-0.15, -0.1) is 0 Å². The molecular formula is C28H29N3O3. The molecule has 2 amide bonds. The van der Waals surface area contributed by atoms with E-state index in [9.17, 15) is 4.79 Å². The minimum Gasteiger partial charge on any atom is -0.497 e. The van der Waals surface area contributed by atoms with Crippen LogP contribution in [0, 0.1) is 0 Å². The molecule has 1 aliphatic heterocycles. The Morgan fingerprint density at radius 3 is 2.38 bits per heavy atom. The number of fused-ring (bicyclic) bond motifs is 3. The van der Waals surface area contributed by atoms with Gasteiger partial charge in [0.1, 0.15) is 11.5 Å². The Bertz CT molecular complexity index is 1310. The number of carbonyl (C=O) groups excluding carboxylic acids is 1. The molecule has 0 spiro atoms. The Kier molecular flexibility index (Phi) is 5.88. The number of hydrogen-bond acceptors (Lipinski definition) is 3. The SMILES string of the molecule is CCc1ccc(NC(=O)N2CCc3c([nH]c4ccc(OC)cc34)[C@H]2c2ccc(OC)cc2)cc1. The maximum Gasteiger partial charge on any atom is 0.322 e. The molecule has 0 unspecified atom stereocenters. The summed E-state index contributed by atoms with van der Waals surface area (Å²) in [5.74, 6) is 1.61. The number of rotatable bonds is 5. The summed E-state index contributed by atoms with van der Waals surface area (Å²) in [5, 5.41) is 4.24. The summed E-state index contributed by atoms with van der Waals surface area (Å²) in [6.45, 7) is 2.72. The van der Waals surface area contributed by atoms with E-state index in [0.29, 0.717) is 6.54 Å². The number of carbonyl (C=O) groups is 1.